The van der Waals surface area contributed by atoms with Crippen molar-refractivity contribution in [2.75, 3.05) is 7.05 Å². The number of hydrogen-bond acceptors (Lipinski definition) is 5. The first-order valence-corrected chi connectivity index (χ1v) is 7.86. The van der Waals surface area contributed by atoms with Gasteiger partial charge in [-0.3, -0.25) is 9.67 Å². The zero-order valence-electron chi connectivity index (χ0n) is 11.6. The Hall–Kier alpha value is -1.84. The molecule has 0 amide bonds. The monoisotopic (exact) mass is 325 g/mol. The summed E-state index contributed by atoms with van der Waals surface area (Å²) in [7, 11) is -0.485. The van der Waals surface area contributed by atoms with Crippen LogP contribution in [0.4, 0.5) is 0 Å². The van der Waals surface area contributed by atoms with Crippen LogP contribution >= 0.6 is 12.2 Å². The summed E-state index contributed by atoms with van der Waals surface area (Å²) < 4.78 is 28.0. The topological polar surface area (TPSA) is 94.1 Å². The first-order chi connectivity index (χ1) is 9.82. The summed E-state index contributed by atoms with van der Waals surface area (Å²) in [6, 6.07) is 2.98. The largest absolute Gasteiger partial charge is 0.388 e. The molecule has 7 nitrogen and oxygen atoms in total. The second-order valence-corrected chi connectivity index (χ2v) is 6.95. The van der Waals surface area contributed by atoms with Crippen molar-refractivity contribution < 1.29 is 8.42 Å². The second kappa shape index (κ2) is 5.88. The molecule has 2 heterocycles. The summed E-state index contributed by atoms with van der Waals surface area (Å²) in [5.74, 6) is 0. The maximum absolute atomic E-state index is 12.6. The van der Waals surface area contributed by atoms with Crippen LogP contribution in [0.15, 0.2) is 35.6 Å². The van der Waals surface area contributed by atoms with E-state index >= 15 is 0 Å². The van der Waals surface area contributed by atoms with Crippen molar-refractivity contribution >= 4 is 27.2 Å². The fourth-order valence-electron chi connectivity index (χ4n) is 1.85. The molecular weight excluding hydrogens is 310 g/mol. The van der Waals surface area contributed by atoms with Crippen molar-refractivity contribution in [2.24, 2.45) is 12.8 Å². The average Bonchev–Trinajstić information content (AvgIpc) is 2.84. The molecular formula is C12H15N5O2S2. The van der Waals surface area contributed by atoms with Crippen LogP contribution in [0, 0.1) is 0 Å². The molecule has 0 spiro atoms. The molecule has 0 aliphatic rings. The number of sulfonamides is 1. The highest BCUT2D eigenvalue weighted by molar-refractivity contribution is 7.89. The summed E-state index contributed by atoms with van der Waals surface area (Å²) in [5, 5.41) is 4.01. The zero-order chi connectivity index (χ0) is 15.6. The number of thiocarbonyl (C=S) groups is 1. The lowest BCUT2D eigenvalue weighted by Crippen LogP contribution is -2.29. The first-order valence-electron chi connectivity index (χ1n) is 6.01. The summed E-state index contributed by atoms with van der Waals surface area (Å²) in [6.45, 7) is 0.196. The molecule has 0 saturated carbocycles. The van der Waals surface area contributed by atoms with Gasteiger partial charge in [-0.2, -0.15) is 9.40 Å². The molecule has 0 fully saturated rings. The number of rotatable bonds is 5. The Morgan fingerprint density at radius 2 is 2.24 bits per heavy atom. The third-order valence-electron chi connectivity index (χ3n) is 2.86. The van der Waals surface area contributed by atoms with E-state index in [2.05, 4.69) is 10.1 Å². The van der Waals surface area contributed by atoms with Gasteiger partial charge in [0, 0.05) is 38.6 Å². The molecule has 0 bridgehead atoms. The highest BCUT2D eigenvalue weighted by atomic mass is 32.2. The molecule has 21 heavy (non-hydrogen) atoms. The van der Waals surface area contributed by atoms with E-state index < -0.39 is 10.0 Å². The standard InChI is InChI=1S/C12H15N5O2S2/c1-16-7-9(6-15-16)8-17(2)21(18,19)10-4-3-5-14-11(10)12(13)20/h3-7H,8H2,1-2H3,(H2,13,20). The van der Waals surface area contributed by atoms with E-state index in [4.69, 9.17) is 18.0 Å². The van der Waals surface area contributed by atoms with Crippen molar-refractivity contribution in [1.29, 1.82) is 0 Å². The molecule has 0 aromatic carbocycles. The number of nitrogens with zero attached hydrogens (tertiary/aromatic N) is 4. The molecule has 2 N–H and O–H groups in total. The van der Waals surface area contributed by atoms with Gasteiger partial charge in [0.25, 0.3) is 0 Å². The summed E-state index contributed by atoms with van der Waals surface area (Å²) in [6.07, 6.45) is 4.82. The lowest BCUT2D eigenvalue weighted by Gasteiger charge is -2.17. The number of nitrogens with two attached hydrogens (primary N) is 1. The SMILES string of the molecule is CN(Cc1cnn(C)c1)S(=O)(=O)c1cccnc1C(N)=S. The van der Waals surface area contributed by atoms with Gasteiger partial charge in [0.2, 0.25) is 10.0 Å². The minimum Gasteiger partial charge on any atom is -0.388 e. The Morgan fingerprint density at radius 1 is 1.52 bits per heavy atom. The third-order valence-corrected chi connectivity index (χ3v) is 4.88. The lowest BCUT2D eigenvalue weighted by molar-refractivity contribution is 0.466. The van der Waals surface area contributed by atoms with Crippen LogP contribution in [-0.4, -0.2) is 39.5 Å². The fourth-order valence-corrected chi connectivity index (χ4v) is 3.39. The van der Waals surface area contributed by atoms with E-state index in [-0.39, 0.29) is 22.1 Å². The van der Waals surface area contributed by atoms with E-state index in [9.17, 15) is 8.42 Å². The Bertz CT molecular complexity index is 769. The van der Waals surface area contributed by atoms with E-state index in [1.54, 1.807) is 24.1 Å². The van der Waals surface area contributed by atoms with Gasteiger partial charge in [-0.1, -0.05) is 12.2 Å². The molecule has 2 aromatic rings. The predicted molar refractivity (Wildman–Crippen MR) is 82.0 cm³/mol. The molecule has 0 atom stereocenters. The summed E-state index contributed by atoms with van der Waals surface area (Å²) >= 11 is 4.86. The Balaban J connectivity index is 2.35. The Morgan fingerprint density at radius 3 is 2.81 bits per heavy atom. The van der Waals surface area contributed by atoms with Crippen LogP contribution < -0.4 is 5.73 Å². The molecule has 0 aliphatic carbocycles. The van der Waals surface area contributed by atoms with Crippen molar-refractivity contribution in [3.05, 3.63) is 42.0 Å². The highest BCUT2D eigenvalue weighted by Crippen LogP contribution is 2.19. The third kappa shape index (κ3) is 3.26. The normalized spacial score (nSPS) is 11.8. The number of pyridine rings is 1. The van der Waals surface area contributed by atoms with Gasteiger partial charge in [0.1, 0.15) is 15.6 Å². The maximum atomic E-state index is 12.6. The molecule has 0 unspecified atom stereocenters. The molecule has 0 aliphatic heterocycles. The smallest absolute Gasteiger partial charge is 0.245 e. The van der Waals surface area contributed by atoms with Crippen LogP contribution in [0.1, 0.15) is 11.3 Å². The predicted octanol–water partition coefficient (Wildman–Crippen LogP) is 0.270. The second-order valence-electron chi connectivity index (χ2n) is 4.50. The molecule has 9 heteroatoms. The highest BCUT2D eigenvalue weighted by Gasteiger charge is 2.25. The zero-order valence-corrected chi connectivity index (χ0v) is 13.2. The number of hydrogen-bond donors (Lipinski definition) is 1. The van der Waals surface area contributed by atoms with Crippen LogP contribution in [0.2, 0.25) is 0 Å². The molecule has 2 rings (SSSR count). The van der Waals surface area contributed by atoms with Gasteiger partial charge in [-0.15, -0.1) is 0 Å². The molecule has 0 radical (unpaired) electrons. The van der Waals surface area contributed by atoms with Gasteiger partial charge >= 0.3 is 0 Å². The first kappa shape index (κ1) is 15.5. The van der Waals surface area contributed by atoms with Gasteiger partial charge in [-0.05, 0) is 12.1 Å². The summed E-state index contributed by atoms with van der Waals surface area (Å²) in [5.41, 5.74) is 6.42. The van der Waals surface area contributed by atoms with Crippen molar-refractivity contribution in [1.82, 2.24) is 19.1 Å². The van der Waals surface area contributed by atoms with Crippen LogP contribution in [0.25, 0.3) is 0 Å². The quantitative estimate of drug-likeness (QED) is 0.793. The lowest BCUT2D eigenvalue weighted by atomic mass is 10.3. The molecule has 112 valence electrons. The van der Waals surface area contributed by atoms with Crippen molar-refractivity contribution in [3.8, 4) is 0 Å². The summed E-state index contributed by atoms with van der Waals surface area (Å²) in [4.78, 5) is 3.90. The maximum Gasteiger partial charge on any atom is 0.245 e. The van der Waals surface area contributed by atoms with Crippen LogP contribution in [0.3, 0.4) is 0 Å². The van der Waals surface area contributed by atoms with E-state index in [1.807, 2.05) is 0 Å². The Labute approximate surface area is 128 Å². The van der Waals surface area contributed by atoms with Crippen LogP contribution in [0.5, 0.6) is 0 Å². The van der Waals surface area contributed by atoms with Crippen LogP contribution in [-0.2, 0) is 23.6 Å². The fraction of sp³-hybridized carbons (Fsp3) is 0.250. The van der Waals surface area contributed by atoms with Crippen molar-refractivity contribution in [3.63, 3.8) is 0 Å². The minimum absolute atomic E-state index is 0.00360. The molecule has 2 aromatic heterocycles. The number of aryl methyl sites for hydroxylation is 1. The Kier molecular flexibility index (Phi) is 4.35. The van der Waals surface area contributed by atoms with Gasteiger partial charge in [-0.25, -0.2) is 8.42 Å². The van der Waals surface area contributed by atoms with E-state index in [1.165, 1.54) is 29.7 Å². The molecule has 0 saturated heterocycles. The van der Waals surface area contributed by atoms with Crippen molar-refractivity contribution in [2.45, 2.75) is 11.4 Å². The minimum atomic E-state index is -3.74. The van der Waals surface area contributed by atoms with E-state index in [0.29, 0.717) is 0 Å². The van der Waals surface area contributed by atoms with Gasteiger partial charge in [0.05, 0.1) is 6.20 Å². The van der Waals surface area contributed by atoms with Gasteiger partial charge < -0.3 is 5.73 Å². The average molecular weight is 325 g/mol. The van der Waals surface area contributed by atoms with Gasteiger partial charge in [0.15, 0.2) is 0 Å². The number of aromatic nitrogens is 3. The van der Waals surface area contributed by atoms with E-state index in [0.717, 1.165) is 5.56 Å².